The molecule has 102 valence electrons. The van der Waals surface area contributed by atoms with Crippen LogP contribution >= 0.6 is 0 Å². The fraction of sp³-hybridized carbons (Fsp3) is 0.786. The Morgan fingerprint density at radius 2 is 2.28 bits per heavy atom. The lowest BCUT2D eigenvalue weighted by atomic mass is 9.72. The van der Waals surface area contributed by atoms with Crippen LogP contribution < -0.4 is 5.73 Å². The molecule has 1 fully saturated rings. The van der Waals surface area contributed by atoms with E-state index in [9.17, 15) is 0 Å². The van der Waals surface area contributed by atoms with Gasteiger partial charge < -0.3 is 5.73 Å². The van der Waals surface area contributed by atoms with Gasteiger partial charge in [-0.15, -0.1) is 0 Å². The molecule has 0 radical (unpaired) electrons. The van der Waals surface area contributed by atoms with Crippen molar-refractivity contribution < 1.29 is 0 Å². The molecule has 1 aliphatic carbocycles. The van der Waals surface area contributed by atoms with Gasteiger partial charge in [-0.2, -0.15) is 5.10 Å². The Morgan fingerprint density at radius 3 is 2.89 bits per heavy atom. The average molecular weight is 250 g/mol. The lowest BCUT2D eigenvalue weighted by Gasteiger charge is -2.43. The molecule has 4 nitrogen and oxygen atoms in total. The van der Waals surface area contributed by atoms with Gasteiger partial charge in [0.2, 0.25) is 0 Å². The molecule has 2 N–H and O–H groups in total. The molecular formula is C14H26N4. The lowest BCUT2D eigenvalue weighted by molar-refractivity contribution is 0.0917. The second-order valence-corrected chi connectivity index (χ2v) is 6.58. The average Bonchev–Trinajstić information content (AvgIpc) is 2.67. The number of aryl methyl sites for hydroxylation is 1. The van der Waals surface area contributed by atoms with Gasteiger partial charge in [0.25, 0.3) is 0 Å². The molecule has 0 aliphatic heterocycles. The van der Waals surface area contributed by atoms with Crippen LogP contribution in [0, 0.1) is 5.41 Å². The highest BCUT2D eigenvalue weighted by atomic mass is 15.2. The first-order valence-corrected chi connectivity index (χ1v) is 6.81. The van der Waals surface area contributed by atoms with E-state index in [1.54, 1.807) is 0 Å². The van der Waals surface area contributed by atoms with Gasteiger partial charge in [0.1, 0.15) is 0 Å². The molecule has 2 rings (SSSR count). The Morgan fingerprint density at radius 1 is 1.56 bits per heavy atom. The molecule has 18 heavy (non-hydrogen) atoms. The van der Waals surface area contributed by atoms with Gasteiger partial charge in [-0.05, 0) is 31.7 Å². The van der Waals surface area contributed by atoms with Crippen LogP contribution in [-0.2, 0) is 13.6 Å². The standard InChI is InChI=1S/C14H26N4/c1-14(2)6-5-12(15)13(7-14)17(3)9-11-8-16-18(4)10-11/h8,10,12-13H,5-7,9,15H2,1-4H3. The first-order chi connectivity index (χ1) is 8.37. The zero-order valence-corrected chi connectivity index (χ0v) is 12.1. The summed E-state index contributed by atoms with van der Waals surface area (Å²) in [6, 6.07) is 0.786. The molecule has 0 spiro atoms. The highest BCUT2D eigenvalue weighted by Gasteiger charge is 2.35. The van der Waals surface area contributed by atoms with Gasteiger partial charge in [0.15, 0.2) is 0 Å². The molecule has 0 amide bonds. The molecule has 0 aromatic carbocycles. The van der Waals surface area contributed by atoms with Crippen LogP contribution in [0.5, 0.6) is 0 Å². The number of aromatic nitrogens is 2. The predicted molar refractivity (Wildman–Crippen MR) is 74.1 cm³/mol. The minimum atomic E-state index is 0.305. The van der Waals surface area contributed by atoms with E-state index < -0.39 is 0 Å². The van der Waals surface area contributed by atoms with Crippen LogP contribution in [0.4, 0.5) is 0 Å². The predicted octanol–water partition coefficient (Wildman–Crippen LogP) is 1.76. The number of likely N-dealkylation sites (N-methyl/N-ethyl adjacent to an activating group) is 1. The number of rotatable bonds is 3. The maximum atomic E-state index is 6.30. The zero-order chi connectivity index (χ0) is 13.3. The summed E-state index contributed by atoms with van der Waals surface area (Å²) in [7, 11) is 4.14. The maximum absolute atomic E-state index is 6.30. The van der Waals surface area contributed by atoms with Crippen molar-refractivity contribution >= 4 is 0 Å². The fourth-order valence-corrected chi connectivity index (χ4v) is 3.01. The van der Waals surface area contributed by atoms with Crippen molar-refractivity contribution in [1.82, 2.24) is 14.7 Å². The SMILES string of the molecule is CN(Cc1cnn(C)c1)C1CC(C)(C)CCC1N. The van der Waals surface area contributed by atoms with E-state index in [0.717, 1.165) is 13.0 Å². The molecule has 0 saturated heterocycles. The van der Waals surface area contributed by atoms with Gasteiger partial charge in [-0.3, -0.25) is 9.58 Å². The smallest absolute Gasteiger partial charge is 0.0534 e. The van der Waals surface area contributed by atoms with Crippen LogP contribution in [0.1, 0.15) is 38.7 Å². The quantitative estimate of drug-likeness (QED) is 0.889. The molecule has 4 heteroatoms. The molecule has 1 aromatic rings. The number of nitrogens with zero attached hydrogens (tertiary/aromatic N) is 3. The fourth-order valence-electron chi connectivity index (χ4n) is 3.01. The van der Waals surface area contributed by atoms with Crippen molar-refractivity contribution in [3.63, 3.8) is 0 Å². The van der Waals surface area contributed by atoms with Crippen molar-refractivity contribution in [2.45, 2.75) is 51.7 Å². The van der Waals surface area contributed by atoms with Crippen molar-refractivity contribution in [3.05, 3.63) is 18.0 Å². The summed E-state index contributed by atoms with van der Waals surface area (Å²) in [5, 5.41) is 4.22. The zero-order valence-electron chi connectivity index (χ0n) is 12.1. The summed E-state index contributed by atoms with van der Waals surface area (Å²) in [6.07, 6.45) is 7.58. The summed E-state index contributed by atoms with van der Waals surface area (Å²) in [4.78, 5) is 2.39. The normalized spacial score (nSPS) is 27.7. The third-order valence-electron chi connectivity index (χ3n) is 4.17. The topological polar surface area (TPSA) is 47.1 Å². The second-order valence-electron chi connectivity index (χ2n) is 6.58. The van der Waals surface area contributed by atoms with E-state index >= 15 is 0 Å². The van der Waals surface area contributed by atoms with Crippen molar-refractivity contribution in [2.24, 2.45) is 18.2 Å². The van der Waals surface area contributed by atoms with Crippen LogP contribution in [0.3, 0.4) is 0 Å². The Bertz CT molecular complexity index is 396. The molecular weight excluding hydrogens is 224 g/mol. The Balaban J connectivity index is 2.00. The van der Waals surface area contributed by atoms with E-state index in [2.05, 4.69) is 37.1 Å². The molecule has 1 heterocycles. The monoisotopic (exact) mass is 250 g/mol. The summed E-state index contributed by atoms with van der Waals surface area (Å²) in [6.45, 7) is 5.63. The van der Waals surface area contributed by atoms with Crippen molar-refractivity contribution in [3.8, 4) is 0 Å². The third kappa shape index (κ3) is 3.12. The first kappa shape index (κ1) is 13.6. The van der Waals surface area contributed by atoms with Crippen LogP contribution in [0.2, 0.25) is 0 Å². The number of hydrogen-bond acceptors (Lipinski definition) is 3. The molecule has 2 atom stereocenters. The highest BCUT2D eigenvalue weighted by molar-refractivity contribution is 5.04. The Labute approximate surface area is 110 Å². The molecule has 2 unspecified atom stereocenters. The first-order valence-electron chi connectivity index (χ1n) is 6.81. The van der Waals surface area contributed by atoms with E-state index in [-0.39, 0.29) is 0 Å². The number of hydrogen-bond donors (Lipinski definition) is 1. The van der Waals surface area contributed by atoms with Gasteiger partial charge >= 0.3 is 0 Å². The van der Waals surface area contributed by atoms with E-state index in [1.807, 2.05) is 17.9 Å². The minimum Gasteiger partial charge on any atom is -0.326 e. The third-order valence-corrected chi connectivity index (χ3v) is 4.17. The summed E-state index contributed by atoms with van der Waals surface area (Å²) in [5.41, 5.74) is 7.98. The van der Waals surface area contributed by atoms with Gasteiger partial charge in [0, 0.05) is 37.4 Å². The van der Waals surface area contributed by atoms with Crippen molar-refractivity contribution in [1.29, 1.82) is 0 Å². The van der Waals surface area contributed by atoms with Gasteiger partial charge in [-0.1, -0.05) is 13.8 Å². The molecule has 1 saturated carbocycles. The maximum Gasteiger partial charge on any atom is 0.0534 e. The lowest BCUT2D eigenvalue weighted by Crippen LogP contribution is -2.51. The van der Waals surface area contributed by atoms with E-state index in [1.165, 1.54) is 18.4 Å². The Kier molecular flexibility index (Phi) is 3.78. The summed E-state index contributed by atoms with van der Waals surface area (Å²) < 4.78 is 1.86. The molecule has 1 aliphatic rings. The highest BCUT2D eigenvalue weighted by Crippen LogP contribution is 2.36. The van der Waals surface area contributed by atoms with E-state index in [0.29, 0.717) is 17.5 Å². The van der Waals surface area contributed by atoms with Gasteiger partial charge in [-0.25, -0.2) is 0 Å². The second kappa shape index (κ2) is 5.02. The minimum absolute atomic E-state index is 0.305. The van der Waals surface area contributed by atoms with Crippen LogP contribution in [0.15, 0.2) is 12.4 Å². The molecule has 0 bridgehead atoms. The number of nitrogens with two attached hydrogens (primary N) is 1. The van der Waals surface area contributed by atoms with Crippen LogP contribution in [-0.4, -0.2) is 33.8 Å². The van der Waals surface area contributed by atoms with Crippen LogP contribution in [0.25, 0.3) is 0 Å². The summed E-state index contributed by atoms with van der Waals surface area (Å²) in [5.74, 6) is 0. The van der Waals surface area contributed by atoms with E-state index in [4.69, 9.17) is 5.73 Å². The largest absolute Gasteiger partial charge is 0.326 e. The van der Waals surface area contributed by atoms with Gasteiger partial charge in [0.05, 0.1) is 6.20 Å². The summed E-state index contributed by atoms with van der Waals surface area (Å²) >= 11 is 0. The van der Waals surface area contributed by atoms with Crippen molar-refractivity contribution in [2.75, 3.05) is 7.05 Å². The Hall–Kier alpha value is -0.870. The molecule has 1 aromatic heterocycles.